The lowest BCUT2D eigenvalue weighted by Crippen LogP contribution is -2.18. The fraction of sp³-hybridized carbons (Fsp3) is 0.600. The number of nitrogens with zero attached hydrogens (tertiary/aromatic N) is 5. The molecule has 0 atom stereocenters. The van der Waals surface area contributed by atoms with Gasteiger partial charge in [0.05, 0.1) is 11.9 Å². The quantitative estimate of drug-likeness (QED) is 0.850. The summed E-state index contributed by atoms with van der Waals surface area (Å²) in [5, 5.41) is 16.5. The van der Waals surface area contributed by atoms with Crippen LogP contribution in [0.3, 0.4) is 0 Å². The van der Waals surface area contributed by atoms with Crippen LogP contribution in [0.2, 0.25) is 0 Å². The zero-order chi connectivity index (χ0) is 16.2. The highest BCUT2D eigenvalue weighted by atomic mass is 32.2. The van der Waals surface area contributed by atoms with Gasteiger partial charge < -0.3 is 9.88 Å². The number of hydrogen-bond acceptors (Lipinski definition) is 5. The summed E-state index contributed by atoms with van der Waals surface area (Å²) in [6.45, 7) is 5.01. The van der Waals surface area contributed by atoms with Crippen molar-refractivity contribution < 1.29 is 4.79 Å². The molecule has 0 bridgehead atoms. The SMILES string of the molecule is CC(C)n1nccc1NC(=O)CSc1nnc2n1CCCCC2. The maximum Gasteiger partial charge on any atom is 0.235 e. The summed E-state index contributed by atoms with van der Waals surface area (Å²) < 4.78 is 3.95. The number of thioether (sulfide) groups is 1. The van der Waals surface area contributed by atoms with Gasteiger partial charge in [0.2, 0.25) is 5.91 Å². The zero-order valence-corrected chi connectivity index (χ0v) is 14.3. The molecule has 1 aliphatic rings. The van der Waals surface area contributed by atoms with Crippen molar-refractivity contribution in [1.82, 2.24) is 24.5 Å². The number of hydrogen-bond donors (Lipinski definition) is 1. The van der Waals surface area contributed by atoms with Gasteiger partial charge in [-0.25, -0.2) is 4.68 Å². The minimum atomic E-state index is -0.0524. The number of rotatable bonds is 5. The van der Waals surface area contributed by atoms with Gasteiger partial charge in [0, 0.05) is 25.1 Å². The van der Waals surface area contributed by atoms with Crippen molar-refractivity contribution in [2.45, 2.75) is 57.3 Å². The molecule has 8 heteroatoms. The fourth-order valence-electron chi connectivity index (χ4n) is 2.70. The van der Waals surface area contributed by atoms with Crippen molar-refractivity contribution in [3.05, 3.63) is 18.1 Å². The van der Waals surface area contributed by atoms with Gasteiger partial charge in [-0.1, -0.05) is 18.2 Å². The van der Waals surface area contributed by atoms with Crippen LogP contribution < -0.4 is 5.32 Å². The number of anilines is 1. The third-order valence-electron chi connectivity index (χ3n) is 3.83. The average molecular weight is 334 g/mol. The molecule has 0 unspecified atom stereocenters. The van der Waals surface area contributed by atoms with Gasteiger partial charge in [-0.15, -0.1) is 10.2 Å². The molecule has 1 aliphatic heterocycles. The second-order valence-corrected chi connectivity index (χ2v) is 6.90. The third-order valence-corrected chi connectivity index (χ3v) is 4.80. The highest BCUT2D eigenvalue weighted by Gasteiger charge is 2.16. The van der Waals surface area contributed by atoms with Crippen molar-refractivity contribution >= 4 is 23.5 Å². The molecule has 3 rings (SSSR count). The van der Waals surface area contributed by atoms with E-state index in [1.807, 2.05) is 19.9 Å². The maximum absolute atomic E-state index is 12.2. The summed E-state index contributed by atoms with van der Waals surface area (Å²) in [6.07, 6.45) is 6.22. The molecule has 1 amide bonds. The number of carbonyl (C=O) groups excluding carboxylic acids is 1. The van der Waals surface area contributed by atoms with Gasteiger partial charge in [-0.2, -0.15) is 5.10 Å². The number of aryl methyl sites for hydroxylation is 1. The van der Waals surface area contributed by atoms with Crippen LogP contribution in [0.5, 0.6) is 0 Å². The minimum Gasteiger partial charge on any atom is -0.310 e. The van der Waals surface area contributed by atoms with Gasteiger partial charge in [0.1, 0.15) is 11.6 Å². The lowest BCUT2D eigenvalue weighted by atomic mass is 10.2. The molecule has 124 valence electrons. The van der Waals surface area contributed by atoms with E-state index < -0.39 is 0 Å². The van der Waals surface area contributed by atoms with Crippen LogP contribution in [-0.2, 0) is 17.8 Å². The molecule has 0 saturated carbocycles. The summed E-state index contributed by atoms with van der Waals surface area (Å²) >= 11 is 1.44. The van der Waals surface area contributed by atoms with Gasteiger partial charge in [-0.3, -0.25) is 4.79 Å². The Morgan fingerprint density at radius 1 is 1.35 bits per heavy atom. The molecule has 2 aromatic heterocycles. The van der Waals surface area contributed by atoms with E-state index >= 15 is 0 Å². The van der Waals surface area contributed by atoms with Crippen molar-refractivity contribution in [2.75, 3.05) is 11.1 Å². The topological polar surface area (TPSA) is 77.6 Å². The molecule has 0 saturated heterocycles. The van der Waals surface area contributed by atoms with Crippen molar-refractivity contribution in [1.29, 1.82) is 0 Å². The Bertz CT molecular complexity index is 677. The number of aromatic nitrogens is 5. The summed E-state index contributed by atoms with van der Waals surface area (Å²) in [5.41, 5.74) is 0. The molecule has 3 heterocycles. The van der Waals surface area contributed by atoms with Crippen molar-refractivity contribution in [2.24, 2.45) is 0 Å². The van der Waals surface area contributed by atoms with Gasteiger partial charge in [0.15, 0.2) is 5.16 Å². The molecule has 0 fully saturated rings. The van der Waals surface area contributed by atoms with E-state index in [0.29, 0.717) is 5.75 Å². The van der Waals surface area contributed by atoms with Crippen LogP contribution in [0.4, 0.5) is 5.82 Å². The van der Waals surface area contributed by atoms with Gasteiger partial charge >= 0.3 is 0 Å². The van der Waals surface area contributed by atoms with Crippen LogP contribution in [0.25, 0.3) is 0 Å². The first-order valence-corrected chi connectivity index (χ1v) is 9.02. The van der Waals surface area contributed by atoms with Crippen molar-refractivity contribution in [3.63, 3.8) is 0 Å². The van der Waals surface area contributed by atoms with Crippen LogP contribution in [0, 0.1) is 0 Å². The summed E-state index contributed by atoms with van der Waals surface area (Å²) in [5.74, 6) is 2.04. The smallest absolute Gasteiger partial charge is 0.235 e. The van der Waals surface area contributed by atoms with Crippen molar-refractivity contribution in [3.8, 4) is 0 Å². The molecule has 0 radical (unpaired) electrons. The second kappa shape index (κ2) is 7.16. The monoisotopic (exact) mass is 334 g/mol. The third kappa shape index (κ3) is 3.74. The van der Waals surface area contributed by atoms with E-state index in [4.69, 9.17) is 0 Å². The molecular formula is C15H22N6OS. The Balaban J connectivity index is 1.59. The highest BCUT2D eigenvalue weighted by molar-refractivity contribution is 7.99. The lowest BCUT2D eigenvalue weighted by molar-refractivity contribution is -0.113. The average Bonchev–Trinajstić information content (AvgIpc) is 3.06. The molecule has 0 aliphatic carbocycles. The Hall–Kier alpha value is -1.83. The molecule has 0 aromatic carbocycles. The Morgan fingerprint density at radius 2 is 2.22 bits per heavy atom. The Morgan fingerprint density at radius 3 is 3.04 bits per heavy atom. The molecule has 23 heavy (non-hydrogen) atoms. The number of amides is 1. The Kier molecular flexibility index (Phi) is 5.00. The highest BCUT2D eigenvalue weighted by Crippen LogP contribution is 2.22. The predicted octanol–water partition coefficient (Wildman–Crippen LogP) is 2.51. The van der Waals surface area contributed by atoms with Crippen LogP contribution in [0.1, 0.15) is 45.0 Å². The molecule has 2 aromatic rings. The van der Waals surface area contributed by atoms with Crippen LogP contribution in [-0.4, -0.2) is 36.2 Å². The fourth-order valence-corrected chi connectivity index (χ4v) is 3.48. The van der Waals surface area contributed by atoms with E-state index in [9.17, 15) is 4.79 Å². The molecule has 7 nitrogen and oxygen atoms in total. The summed E-state index contributed by atoms with van der Waals surface area (Å²) in [4.78, 5) is 12.2. The first-order chi connectivity index (χ1) is 11.1. The number of nitrogens with one attached hydrogen (secondary N) is 1. The first-order valence-electron chi connectivity index (χ1n) is 8.03. The van der Waals surface area contributed by atoms with E-state index in [1.165, 1.54) is 24.6 Å². The normalized spacial score (nSPS) is 14.6. The predicted molar refractivity (Wildman–Crippen MR) is 89.5 cm³/mol. The number of fused-ring (bicyclic) bond motifs is 1. The molecule has 1 N–H and O–H groups in total. The molecule has 0 spiro atoms. The maximum atomic E-state index is 12.2. The first kappa shape index (κ1) is 16.0. The number of carbonyl (C=O) groups is 1. The minimum absolute atomic E-state index is 0.0524. The lowest BCUT2D eigenvalue weighted by Gasteiger charge is -2.11. The standard InChI is InChI=1S/C15H22N6OS/c1-11(2)21-12(7-8-16-21)17-14(22)10-23-15-19-18-13-6-4-3-5-9-20(13)15/h7-8,11H,3-6,9-10H2,1-2H3,(H,17,22). The van der Waals surface area contributed by atoms with Crippen LogP contribution in [0.15, 0.2) is 17.4 Å². The summed E-state index contributed by atoms with van der Waals surface area (Å²) in [7, 11) is 0. The van der Waals surface area contributed by atoms with Gasteiger partial charge in [-0.05, 0) is 26.7 Å². The van der Waals surface area contributed by atoms with Gasteiger partial charge in [0.25, 0.3) is 0 Å². The Labute approximate surface area is 139 Å². The second-order valence-electron chi connectivity index (χ2n) is 5.95. The van der Waals surface area contributed by atoms with E-state index in [1.54, 1.807) is 10.9 Å². The largest absolute Gasteiger partial charge is 0.310 e. The molecular weight excluding hydrogens is 312 g/mol. The van der Waals surface area contributed by atoms with E-state index in [2.05, 4.69) is 25.2 Å². The van der Waals surface area contributed by atoms with E-state index in [0.717, 1.165) is 36.2 Å². The summed E-state index contributed by atoms with van der Waals surface area (Å²) in [6, 6.07) is 2.02. The van der Waals surface area contributed by atoms with E-state index in [-0.39, 0.29) is 11.9 Å². The van der Waals surface area contributed by atoms with Crippen LogP contribution >= 0.6 is 11.8 Å². The zero-order valence-electron chi connectivity index (χ0n) is 13.5.